The lowest BCUT2D eigenvalue weighted by Gasteiger charge is -2.28. The topological polar surface area (TPSA) is 94.1 Å². The van der Waals surface area contributed by atoms with Gasteiger partial charge in [-0.2, -0.15) is 0 Å². The van der Waals surface area contributed by atoms with Crippen LogP contribution in [0.25, 0.3) is 0 Å². The van der Waals surface area contributed by atoms with E-state index >= 15 is 0 Å². The fourth-order valence-corrected chi connectivity index (χ4v) is 4.73. The molecule has 0 fully saturated rings. The van der Waals surface area contributed by atoms with E-state index in [0.717, 1.165) is 0 Å². The van der Waals surface area contributed by atoms with Gasteiger partial charge >= 0.3 is 14.8 Å². The van der Waals surface area contributed by atoms with Crippen molar-refractivity contribution in [3.05, 3.63) is 0 Å². The Labute approximate surface area is 133 Å². The fraction of sp³-hybridized carbons (Fsp3) is 0.857. The third kappa shape index (κ3) is 7.35. The number of amides is 1. The molecule has 7 nitrogen and oxygen atoms in total. The minimum Gasteiger partial charge on any atom is -0.481 e. The van der Waals surface area contributed by atoms with Crippen LogP contribution < -0.4 is 5.32 Å². The van der Waals surface area contributed by atoms with E-state index in [2.05, 4.69) is 5.32 Å². The SMILES string of the molecule is CCO[Si](CCCNC(=O)C(CC)C(=O)O)(OCC)OCC. The molecule has 2 N–H and O–H groups in total. The summed E-state index contributed by atoms with van der Waals surface area (Å²) in [6.07, 6.45) is 0.894. The normalized spacial score (nSPS) is 12.9. The van der Waals surface area contributed by atoms with Gasteiger partial charge in [0.1, 0.15) is 5.92 Å². The number of nitrogens with one attached hydrogen (secondary N) is 1. The molecule has 1 amide bonds. The van der Waals surface area contributed by atoms with Gasteiger partial charge in [-0.3, -0.25) is 9.59 Å². The van der Waals surface area contributed by atoms with Crippen LogP contribution >= 0.6 is 0 Å². The molecule has 0 bridgehead atoms. The first-order valence-electron chi connectivity index (χ1n) is 7.88. The standard InChI is InChI=1S/C14H29NO6Si/c1-5-12(14(17)18)13(16)15-10-9-11-22(19-6-2,20-7-3)21-8-4/h12H,5-11H2,1-4H3,(H,15,16)(H,17,18). The van der Waals surface area contributed by atoms with Gasteiger partial charge in [0.15, 0.2) is 0 Å². The van der Waals surface area contributed by atoms with Crippen molar-refractivity contribution in [3.8, 4) is 0 Å². The monoisotopic (exact) mass is 335 g/mol. The molecule has 1 unspecified atom stereocenters. The molecule has 0 aliphatic carbocycles. The van der Waals surface area contributed by atoms with Crippen molar-refractivity contribution < 1.29 is 28.0 Å². The van der Waals surface area contributed by atoms with Crippen molar-refractivity contribution in [3.63, 3.8) is 0 Å². The first kappa shape index (κ1) is 21.0. The molecule has 0 spiro atoms. The number of aliphatic carboxylic acids is 1. The Kier molecular flexibility index (Phi) is 11.1. The second kappa shape index (κ2) is 11.6. The fourth-order valence-electron chi connectivity index (χ4n) is 2.11. The number of carbonyl (C=O) groups excluding carboxylic acids is 1. The average Bonchev–Trinajstić information content (AvgIpc) is 2.45. The van der Waals surface area contributed by atoms with Crippen LogP contribution in [0.3, 0.4) is 0 Å². The van der Waals surface area contributed by atoms with Crippen molar-refractivity contribution in [2.45, 2.75) is 46.6 Å². The second-order valence-electron chi connectivity index (χ2n) is 4.68. The molecule has 22 heavy (non-hydrogen) atoms. The highest BCUT2D eigenvalue weighted by molar-refractivity contribution is 6.60. The van der Waals surface area contributed by atoms with Gasteiger partial charge in [0.05, 0.1) is 0 Å². The summed E-state index contributed by atoms with van der Waals surface area (Å²) >= 11 is 0. The summed E-state index contributed by atoms with van der Waals surface area (Å²) in [4.78, 5) is 22.6. The van der Waals surface area contributed by atoms with Gasteiger partial charge in [-0.25, -0.2) is 0 Å². The van der Waals surface area contributed by atoms with E-state index in [-0.39, 0.29) is 6.42 Å². The number of hydrogen-bond donors (Lipinski definition) is 2. The quantitative estimate of drug-likeness (QED) is 0.302. The van der Waals surface area contributed by atoms with Crippen LogP contribution in [0.2, 0.25) is 6.04 Å². The third-order valence-corrected chi connectivity index (χ3v) is 6.23. The van der Waals surface area contributed by atoms with E-state index in [1.807, 2.05) is 20.8 Å². The molecule has 0 saturated carbocycles. The first-order valence-corrected chi connectivity index (χ1v) is 9.81. The lowest BCUT2D eigenvalue weighted by molar-refractivity contribution is -0.147. The van der Waals surface area contributed by atoms with E-state index in [0.29, 0.717) is 38.8 Å². The van der Waals surface area contributed by atoms with Crippen LogP contribution in [-0.4, -0.2) is 52.2 Å². The largest absolute Gasteiger partial charge is 0.500 e. The van der Waals surface area contributed by atoms with Gasteiger partial charge in [-0.05, 0) is 33.6 Å². The summed E-state index contributed by atoms with van der Waals surface area (Å²) in [6, 6.07) is 0.590. The summed E-state index contributed by atoms with van der Waals surface area (Å²) in [6.45, 7) is 9.25. The molecule has 130 valence electrons. The first-order chi connectivity index (χ1) is 10.5. The maximum atomic E-state index is 11.7. The van der Waals surface area contributed by atoms with Crippen LogP contribution in [0.5, 0.6) is 0 Å². The Morgan fingerprint density at radius 1 is 1.05 bits per heavy atom. The molecular weight excluding hydrogens is 306 g/mol. The van der Waals surface area contributed by atoms with Crippen molar-refractivity contribution in [2.24, 2.45) is 5.92 Å². The molecule has 0 radical (unpaired) electrons. The summed E-state index contributed by atoms with van der Waals surface area (Å²) in [5, 5.41) is 11.6. The van der Waals surface area contributed by atoms with Gasteiger partial charge < -0.3 is 23.7 Å². The summed E-state index contributed by atoms with van der Waals surface area (Å²) in [5.41, 5.74) is 0. The molecule has 1 atom stereocenters. The molecule has 0 saturated heterocycles. The van der Waals surface area contributed by atoms with Crippen molar-refractivity contribution in [2.75, 3.05) is 26.4 Å². The second-order valence-corrected chi connectivity index (χ2v) is 7.41. The highest BCUT2D eigenvalue weighted by Gasteiger charge is 2.39. The molecule has 0 heterocycles. The van der Waals surface area contributed by atoms with Crippen LogP contribution in [0.4, 0.5) is 0 Å². The Hall–Kier alpha value is -0.963. The predicted octanol–water partition coefficient (Wildman–Crippen LogP) is 1.65. The van der Waals surface area contributed by atoms with Crippen LogP contribution in [0.15, 0.2) is 0 Å². The summed E-state index contributed by atoms with van der Waals surface area (Å²) < 4.78 is 17.1. The van der Waals surface area contributed by atoms with Crippen LogP contribution in [-0.2, 0) is 22.9 Å². The van der Waals surface area contributed by atoms with Gasteiger partial charge in [-0.1, -0.05) is 6.92 Å². The van der Waals surface area contributed by atoms with Gasteiger partial charge in [0, 0.05) is 32.4 Å². The molecule has 0 aromatic heterocycles. The van der Waals surface area contributed by atoms with Gasteiger partial charge in [0.25, 0.3) is 0 Å². The van der Waals surface area contributed by atoms with Crippen molar-refractivity contribution >= 4 is 20.7 Å². The summed E-state index contributed by atoms with van der Waals surface area (Å²) in [7, 11) is -2.69. The van der Waals surface area contributed by atoms with Crippen molar-refractivity contribution in [1.82, 2.24) is 5.32 Å². The minimum atomic E-state index is -2.69. The minimum absolute atomic E-state index is 0.274. The smallest absolute Gasteiger partial charge is 0.481 e. The zero-order valence-electron chi connectivity index (χ0n) is 14.0. The average molecular weight is 335 g/mol. The molecule has 0 aliphatic rings. The number of hydrogen-bond acceptors (Lipinski definition) is 5. The Morgan fingerprint density at radius 3 is 1.91 bits per heavy atom. The molecule has 8 heteroatoms. The molecular formula is C14H29NO6Si. The number of carboxylic acids is 1. The Bertz CT molecular complexity index is 322. The van der Waals surface area contributed by atoms with E-state index < -0.39 is 26.6 Å². The molecule has 0 rings (SSSR count). The number of carboxylic acid groups (broad SMARTS) is 1. The van der Waals surface area contributed by atoms with E-state index in [9.17, 15) is 9.59 Å². The number of carbonyl (C=O) groups is 2. The molecule has 0 aromatic rings. The maximum Gasteiger partial charge on any atom is 0.500 e. The Balaban J connectivity index is 4.37. The van der Waals surface area contributed by atoms with Crippen LogP contribution in [0, 0.1) is 5.92 Å². The number of rotatable bonds is 13. The lowest BCUT2D eigenvalue weighted by Crippen LogP contribution is -2.46. The van der Waals surface area contributed by atoms with E-state index in [1.165, 1.54) is 0 Å². The highest BCUT2D eigenvalue weighted by atomic mass is 28.4. The zero-order valence-corrected chi connectivity index (χ0v) is 15.0. The Morgan fingerprint density at radius 2 is 1.55 bits per heavy atom. The van der Waals surface area contributed by atoms with Crippen LogP contribution in [0.1, 0.15) is 40.5 Å². The van der Waals surface area contributed by atoms with E-state index in [1.54, 1.807) is 6.92 Å². The summed E-state index contributed by atoms with van der Waals surface area (Å²) in [5.74, 6) is -2.54. The predicted molar refractivity (Wildman–Crippen MR) is 84.5 cm³/mol. The molecule has 0 aliphatic heterocycles. The van der Waals surface area contributed by atoms with Gasteiger partial charge in [-0.15, -0.1) is 0 Å². The molecule has 0 aromatic carbocycles. The zero-order chi connectivity index (χ0) is 17.0. The third-order valence-electron chi connectivity index (χ3n) is 3.07. The van der Waals surface area contributed by atoms with Crippen molar-refractivity contribution in [1.29, 1.82) is 0 Å². The lowest BCUT2D eigenvalue weighted by atomic mass is 10.1. The van der Waals surface area contributed by atoms with E-state index in [4.69, 9.17) is 18.4 Å². The maximum absolute atomic E-state index is 11.7. The highest BCUT2D eigenvalue weighted by Crippen LogP contribution is 2.17. The van der Waals surface area contributed by atoms with Gasteiger partial charge in [0.2, 0.25) is 5.91 Å².